The fourth-order valence-corrected chi connectivity index (χ4v) is 0.806. The first-order valence-electron chi connectivity index (χ1n) is 2.67. The second-order valence-electron chi connectivity index (χ2n) is 2.23. The predicted octanol–water partition coefficient (Wildman–Crippen LogP) is 1.55. The highest BCUT2D eigenvalue weighted by Gasteiger charge is 2.26. The Morgan fingerprint density at radius 3 is 2.29 bits per heavy atom. The lowest BCUT2D eigenvalue weighted by molar-refractivity contribution is 0.282. The summed E-state index contributed by atoms with van der Waals surface area (Å²) in [5.74, 6) is 0.567. The summed E-state index contributed by atoms with van der Waals surface area (Å²) < 4.78 is 0. The average Bonchev–Trinajstić information content (AvgIpc) is 1.65. The van der Waals surface area contributed by atoms with Gasteiger partial charge in [0.25, 0.3) is 0 Å². The summed E-state index contributed by atoms with van der Waals surface area (Å²) in [6.07, 6.45) is 2.21. The molecule has 0 radical (unpaired) electrons. The fraction of sp³-hybridized carbons (Fsp3) is 1.00. The van der Waals surface area contributed by atoms with Gasteiger partial charge in [0.15, 0.2) is 0 Å². The van der Waals surface area contributed by atoms with Crippen molar-refractivity contribution in [2.75, 3.05) is 0 Å². The Kier molecular flexibility index (Phi) is 1.09. The third kappa shape index (κ3) is 0.646. The van der Waals surface area contributed by atoms with E-state index in [4.69, 9.17) is 0 Å². The molecule has 2 atom stereocenters. The minimum Gasteiger partial charge on any atom is -0.151 e. The van der Waals surface area contributed by atoms with Gasteiger partial charge in [-0.1, -0.05) is 12.1 Å². The largest absolute Gasteiger partial charge is 0.151 e. The molecular formula is C5H9NO. The first-order valence-corrected chi connectivity index (χ1v) is 2.67. The average molecular weight is 99.1 g/mol. The molecule has 40 valence electrons. The monoisotopic (exact) mass is 99.1 g/mol. The van der Waals surface area contributed by atoms with Crippen LogP contribution in [0.3, 0.4) is 0 Å². The van der Waals surface area contributed by atoms with Gasteiger partial charge in [0, 0.05) is 0 Å². The summed E-state index contributed by atoms with van der Waals surface area (Å²) in [7, 11) is 0. The molecule has 0 aromatic rings. The number of rotatable bonds is 1. The summed E-state index contributed by atoms with van der Waals surface area (Å²) in [5, 5.41) is 2.92. The smallest absolute Gasteiger partial charge is 0.0945 e. The summed E-state index contributed by atoms with van der Waals surface area (Å²) in [4.78, 5) is 9.75. The maximum Gasteiger partial charge on any atom is 0.0945 e. The molecule has 0 saturated heterocycles. The summed E-state index contributed by atoms with van der Waals surface area (Å²) in [5.41, 5.74) is 0. The SMILES string of the molecule is C[C@H]1CCC1N=O. The molecule has 0 amide bonds. The van der Waals surface area contributed by atoms with Crippen LogP contribution >= 0.6 is 0 Å². The third-order valence-electron chi connectivity index (χ3n) is 1.71. The van der Waals surface area contributed by atoms with Crippen LogP contribution in [0.25, 0.3) is 0 Å². The minimum atomic E-state index is 0.153. The van der Waals surface area contributed by atoms with Gasteiger partial charge in [-0.25, -0.2) is 0 Å². The van der Waals surface area contributed by atoms with Crippen LogP contribution in [0.4, 0.5) is 0 Å². The summed E-state index contributed by atoms with van der Waals surface area (Å²) in [6, 6.07) is 0.153. The fourth-order valence-electron chi connectivity index (χ4n) is 0.806. The van der Waals surface area contributed by atoms with Crippen molar-refractivity contribution in [3.63, 3.8) is 0 Å². The van der Waals surface area contributed by atoms with Gasteiger partial charge in [0.1, 0.15) is 0 Å². The number of nitrogens with zero attached hydrogens (tertiary/aromatic N) is 1. The van der Waals surface area contributed by atoms with Crippen molar-refractivity contribution in [1.82, 2.24) is 0 Å². The molecule has 0 aromatic carbocycles. The highest BCUT2D eigenvalue weighted by atomic mass is 16.3. The predicted molar refractivity (Wildman–Crippen MR) is 28.0 cm³/mol. The van der Waals surface area contributed by atoms with Crippen LogP contribution in [0.1, 0.15) is 19.8 Å². The van der Waals surface area contributed by atoms with Gasteiger partial charge >= 0.3 is 0 Å². The van der Waals surface area contributed by atoms with E-state index < -0.39 is 0 Å². The molecule has 1 aliphatic rings. The first-order chi connectivity index (χ1) is 3.34. The van der Waals surface area contributed by atoms with Gasteiger partial charge in [0.2, 0.25) is 0 Å². The molecule has 0 spiro atoms. The van der Waals surface area contributed by atoms with E-state index in [2.05, 4.69) is 12.1 Å². The van der Waals surface area contributed by atoms with Crippen molar-refractivity contribution in [3.05, 3.63) is 4.91 Å². The van der Waals surface area contributed by atoms with Crippen LogP contribution in [0.15, 0.2) is 5.18 Å². The summed E-state index contributed by atoms with van der Waals surface area (Å²) >= 11 is 0. The lowest BCUT2D eigenvalue weighted by atomic mass is 9.82. The van der Waals surface area contributed by atoms with Crippen molar-refractivity contribution in [1.29, 1.82) is 0 Å². The van der Waals surface area contributed by atoms with E-state index in [0.29, 0.717) is 5.92 Å². The molecule has 2 heteroatoms. The van der Waals surface area contributed by atoms with Crippen LogP contribution in [-0.2, 0) is 0 Å². The lowest BCUT2D eigenvalue weighted by Crippen LogP contribution is -2.25. The molecule has 0 aliphatic heterocycles. The molecule has 0 N–H and O–H groups in total. The number of hydrogen-bond acceptors (Lipinski definition) is 2. The highest BCUT2D eigenvalue weighted by Crippen LogP contribution is 2.28. The van der Waals surface area contributed by atoms with Crippen molar-refractivity contribution in [2.45, 2.75) is 25.8 Å². The number of nitroso groups, excluding NO2 is 1. The molecule has 0 heterocycles. The molecule has 7 heavy (non-hydrogen) atoms. The second kappa shape index (κ2) is 1.60. The van der Waals surface area contributed by atoms with E-state index >= 15 is 0 Å². The molecule has 1 saturated carbocycles. The van der Waals surface area contributed by atoms with E-state index in [-0.39, 0.29) is 6.04 Å². The zero-order valence-electron chi connectivity index (χ0n) is 4.42. The van der Waals surface area contributed by atoms with Crippen molar-refractivity contribution >= 4 is 0 Å². The Bertz CT molecular complexity index is 82.1. The minimum absolute atomic E-state index is 0.153. The standard InChI is InChI=1S/C5H9NO/c1-4-2-3-5(4)6-7/h4-5H,2-3H2,1H3/t4-,5?/m0/s1. The Hall–Kier alpha value is -0.400. The normalized spacial score (nSPS) is 39.6. The molecule has 1 unspecified atom stereocenters. The Labute approximate surface area is 42.9 Å². The van der Waals surface area contributed by atoms with E-state index in [9.17, 15) is 4.91 Å². The van der Waals surface area contributed by atoms with Crippen LogP contribution in [0, 0.1) is 10.8 Å². The van der Waals surface area contributed by atoms with Crippen LogP contribution in [0.5, 0.6) is 0 Å². The molecule has 0 aromatic heterocycles. The second-order valence-corrected chi connectivity index (χ2v) is 2.23. The Morgan fingerprint density at radius 2 is 2.29 bits per heavy atom. The Balaban J connectivity index is 2.28. The zero-order valence-corrected chi connectivity index (χ0v) is 4.42. The Morgan fingerprint density at radius 1 is 1.57 bits per heavy atom. The molecule has 1 fully saturated rings. The van der Waals surface area contributed by atoms with Gasteiger partial charge in [-0.2, -0.15) is 4.91 Å². The quantitative estimate of drug-likeness (QED) is 0.458. The molecule has 1 aliphatic carbocycles. The maximum absolute atomic E-state index is 9.75. The van der Waals surface area contributed by atoms with Gasteiger partial charge in [-0.05, 0) is 18.8 Å². The highest BCUT2D eigenvalue weighted by molar-refractivity contribution is 4.82. The van der Waals surface area contributed by atoms with Crippen molar-refractivity contribution < 1.29 is 0 Å². The van der Waals surface area contributed by atoms with E-state index in [1.165, 1.54) is 6.42 Å². The van der Waals surface area contributed by atoms with Gasteiger partial charge in [-0.15, -0.1) is 0 Å². The summed E-state index contributed by atoms with van der Waals surface area (Å²) in [6.45, 7) is 2.07. The molecule has 1 rings (SSSR count). The third-order valence-corrected chi connectivity index (χ3v) is 1.71. The van der Waals surface area contributed by atoms with Crippen LogP contribution < -0.4 is 0 Å². The van der Waals surface area contributed by atoms with Crippen LogP contribution in [0.2, 0.25) is 0 Å². The van der Waals surface area contributed by atoms with Gasteiger partial charge in [0.05, 0.1) is 6.04 Å². The number of hydrogen-bond donors (Lipinski definition) is 0. The van der Waals surface area contributed by atoms with E-state index in [0.717, 1.165) is 6.42 Å². The topological polar surface area (TPSA) is 29.4 Å². The maximum atomic E-state index is 9.75. The molecule has 0 bridgehead atoms. The van der Waals surface area contributed by atoms with Crippen molar-refractivity contribution in [3.8, 4) is 0 Å². The van der Waals surface area contributed by atoms with Gasteiger partial charge < -0.3 is 0 Å². The van der Waals surface area contributed by atoms with E-state index in [1.807, 2.05) is 0 Å². The molecular weight excluding hydrogens is 90.1 g/mol. The van der Waals surface area contributed by atoms with Crippen LogP contribution in [-0.4, -0.2) is 6.04 Å². The van der Waals surface area contributed by atoms with E-state index in [1.54, 1.807) is 0 Å². The first kappa shape index (κ1) is 4.75. The van der Waals surface area contributed by atoms with Crippen molar-refractivity contribution in [2.24, 2.45) is 11.1 Å². The van der Waals surface area contributed by atoms with Gasteiger partial charge in [-0.3, -0.25) is 0 Å². The lowest BCUT2D eigenvalue weighted by Gasteiger charge is -2.26. The zero-order chi connectivity index (χ0) is 5.28. The molecule has 2 nitrogen and oxygen atoms in total.